The molecule has 10 heteroatoms. The highest BCUT2D eigenvalue weighted by Crippen LogP contribution is 2.36. The van der Waals surface area contributed by atoms with Crippen molar-refractivity contribution in [2.45, 2.75) is 13.0 Å². The first kappa shape index (κ1) is 21.8. The van der Waals surface area contributed by atoms with E-state index in [0.29, 0.717) is 23.7 Å². The first-order chi connectivity index (χ1) is 13.2. The number of para-hydroxylation sites is 1. The highest BCUT2D eigenvalue weighted by Gasteiger charge is 2.24. The van der Waals surface area contributed by atoms with Gasteiger partial charge in [-0.15, -0.1) is 0 Å². The molecule has 0 aromatic heterocycles. The molecule has 8 nitrogen and oxygen atoms in total. The normalized spacial score (nSPS) is 12.3. The van der Waals surface area contributed by atoms with E-state index < -0.39 is 20.8 Å². The van der Waals surface area contributed by atoms with Gasteiger partial charge in [0, 0.05) is 6.26 Å². The second-order valence-corrected chi connectivity index (χ2v) is 8.62. The van der Waals surface area contributed by atoms with E-state index in [1.807, 2.05) is 6.92 Å². The number of benzene rings is 2. The van der Waals surface area contributed by atoms with Crippen molar-refractivity contribution < 1.29 is 22.8 Å². The summed E-state index contributed by atoms with van der Waals surface area (Å²) >= 11 is 5.96. The maximum absolute atomic E-state index is 12.0. The van der Waals surface area contributed by atoms with Crippen LogP contribution in [0.4, 0.5) is 11.4 Å². The summed E-state index contributed by atoms with van der Waals surface area (Å²) in [5.41, 5.74) is 0.380. The third kappa shape index (κ3) is 5.49. The predicted octanol–water partition coefficient (Wildman–Crippen LogP) is 3.85. The first-order valence-corrected chi connectivity index (χ1v) is 10.8. The number of nitro groups is 1. The Bertz CT molecular complexity index is 965. The number of halogens is 1. The Morgan fingerprint density at radius 3 is 2.54 bits per heavy atom. The van der Waals surface area contributed by atoms with E-state index in [9.17, 15) is 18.5 Å². The Kier molecular flexibility index (Phi) is 7.09. The highest BCUT2D eigenvalue weighted by atomic mass is 35.5. The van der Waals surface area contributed by atoms with Crippen LogP contribution in [0.1, 0.15) is 18.5 Å². The summed E-state index contributed by atoms with van der Waals surface area (Å²) in [4.78, 5) is 10.8. The largest absolute Gasteiger partial charge is 0.493 e. The van der Waals surface area contributed by atoms with E-state index in [-0.39, 0.29) is 22.2 Å². The molecule has 0 heterocycles. The molecule has 1 atom stereocenters. The molecule has 0 aliphatic rings. The van der Waals surface area contributed by atoms with Crippen LogP contribution in [-0.2, 0) is 9.84 Å². The zero-order valence-corrected chi connectivity index (χ0v) is 17.2. The lowest BCUT2D eigenvalue weighted by atomic mass is 10.1. The average molecular weight is 429 g/mol. The van der Waals surface area contributed by atoms with Crippen LogP contribution < -0.4 is 14.8 Å². The Balaban J connectivity index is 2.52. The van der Waals surface area contributed by atoms with Gasteiger partial charge in [-0.2, -0.15) is 0 Å². The Morgan fingerprint density at radius 2 is 1.96 bits per heavy atom. The zero-order valence-electron chi connectivity index (χ0n) is 15.6. The van der Waals surface area contributed by atoms with Gasteiger partial charge in [0.1, 0.15) is 20.5 Å². The summed E-state index contributed by atoms with van der Waals surface area (Å²) in [5.74, 6) is 0.662. The second kappa shape index (κ2) is 9.11. The van der Waals surface area contributed by atoms with Crippen LogP contribution in [0.25, 0.3) is 0 Å². The Morgan fingerprint density at radius 1 is 1.25 bits per heavy atom. The molecule has 1 N–H and O–H groups in total. The van der Waals surface area contributed by atoms with Crippen LogP contribution in [0.5, 0.6) is 11.5 Å². The van der Waals surface area contributed by atoms with Crippen LogP contribution in [0.3, 0.4) is 0 Å². The van der Waals surface area contributed by atoms with Crippen molar-refractivity contribution in [2.75, 3.05) is 31.0 Å². The lowest BCUT2D eigenvalue weighted by Crippen LogP contribution is -2.21. The molecular formula is C18H21ClN2O6S. The molecule has 0 aliphatic heterocycles. The molecule has 0 amide bonds. The van der Waals surface area contributed by atoms with Crippen molar-refractivity contribution in [3.05, 3.63) is 57.1 Å². The zero-order chi connectivity index (χ0) is 20.9. The summed E-state index contributed by atoms with van der Waals surface area (Å²) in [7, 11) is -1.91. The van der Waals surface area contributed by atoms with E-state index in [4.69, 9.17) is 21.1 Å². The molecule has 0 aliphatic carbocycles. The number of nitrogens with zero attached hydrogens (tertiary/aromatic N) is 1. The number of anilines is 1. The minimum Gasteiger partial charge on any atom is -0.493 e. The molecule has 2 aromatic rings. The quantitative estimate of drug-likeness (QED) is 0.477. The van der Waals surface area contributed by atoms with Crippen molar-refractivity contribution >= 4 is 32.8 Å². The fraction of sp³-hybridized carbons (Fsp3) is 0.333. The summed E-state index contributed by atoms with van der Waals surface area (Å²) in [5, 5.41) is 14.3. The maximum Gasteiger partial charge on any atom is 0.310 e. The standard InChI is InChI=1S/C18H21ClN2O6S/c1-4-27-17-10-12(8-9-16(17)26-2)15(11-28(3,24)25)20-14-7-5-6-13(19)18(14)21(22)23/h5-10,15,20H,4,11H2,1-3H3/t15-/m1/s1. The van der Waals surface area contributed by atoms with Gasteiger partial charge in [-0.3, -0.25) is 10.1 Å². The number of nitrogens with one attached hydrogen (secondary N) is 1. The maximum atomic E-state index is 12.0. The summed E-state index contributed by atoms with van der Waals surface area (Å²) in [6.07, 6.45) is 1.10. The monoisotopic (exact) mass is 428 g/mol. The summed E-state index contributed by atoms with van der Waals surface area (Å²) in [6, 6.07) is 8.65. The number of ether oxygens (including phenoxy) is 2. The van der Waals surface area contributed by atoms with Gasteiger partial charge in [-0.25, -0.2) is 8.42 Å². The molecule has 152 valence electrons. The Labute approximate surface area is 168 Å². The van der Waals surface area contributed by atoms with E-state index >= 15 is 0 Å². The van der Waals surface area contributed by atoms with Gasteiger partial charge in [-0.05, 0) is 36.8 Å². The third-order valence-electron chi connectivity index (χ3n) is 3.86. The van der Waals surface area contributed by atoms with Crippen molar-refractivity contribution in [1.82, 2.24) is 0 Å². The first-order valence-electron chi connectivity index (χ1n) is 8.34. The van der Waals surface area contributed by atoms with E-state index in [1.165, 1.54) is 19.2 Å². The van der Waals surface area contributed by atoms with Crippen LogP contribution in [0, 0.1) is 10.1 Å². The molecule has 0 bridgehead atoms. The fourth-order valence-electron chi connectivity index (χ4n) is 2.71. The molecule has 0 saturated heterocycles. The molecule has 0 unspecified atom stereocenters. The molecule has 28 heavy (non-hydrogen) atoms. The minimum absolute atomic E-state index is 0.0437. The third-order valence-corrected chi connectivity index (χ3v) is 5.10. The molecule has 0 fully saturated rings. The van der Waals surface area contributed by atoms with Gasteiger partial charge in [-0.1, -0.05) is 23.7 Å². The molecule has 0 spiro atoms. The second-order valence-electron chi connectivity index (χ2n) is 6.03. The van der Waals surface area contributed by atoms with Gasteiger partial charge in [0.2, 0.25) is 0 Å². The smallest absolute Gasteiger partial charge is 0.310 e. The number of rotatable bonds is 9. The molecular weight excluding hydrogens is 408 g/mol. The predicted molar refractivity (Wildman–Crippen MR) is 108 cm³/mol. The SMILES string of the molecule is CCOc1cc([C@@H](CS(C)(=O)=O)Nc2cccc(Cl)c2[N+](=O)[O-])ccc1OC. The van der Waals surface area contributed by atoms with Crippen LogP contribution in [-0.4, -0.2) is 39.1 Å². The van der Waals surface area contributed by atoms with E-state index in [2.05, 4.69) is 5.32 Å². The van der Waals surface area contributed by atoms with Crippen molar-refractivity contribution in [2.24, 2.45) is 0 Å². The van der Waals surface area contributed by atoms with E-state index in [1.54, 1.807) is 24.3 Å². The lowest BCUT2D eigenvalue weighted by molar-refractivity contribution is -0.383. The number of sulfone groups is 1. The average Bonchev–Trinajstić information content (AvgIpc) is 2.60. The van der Waals surface area contributed by atoms with Crippen molar-refractivity contribution in [3.8, 4) is 11.5 Å². The number of nitro benzene ring substituents is 1. The number of methoxy groups -OCH3 is 1. The fourth-order valence-corrected chi connectivity index (χ4v) is 3.83. The highest BCUT2D eigenvalue weighted by molar-refractivity contribution is 7.90. The number of hydrogen-bond donors (Lipinski definition) is 1. The van der Waals surface area contributed by atoms with Gasteiger partial charge >= 0.3 is 5.69 Å². The molecule has 2 rings (SSSR count). The van der Waals surface area contributed by atoms with E-state index in [0.717, 1.165) is 6.26 Å². The topological polar surface area (TPSA) is 108 Å². The summed E-state index contributed by atoms with van der Waals surface area (Å²) in [6.45, 7) is 2.21. The Hall–Kier alpha value is -2.52. The number of hydrogen-bond acceptors (Lipinski definition) is 7. The van der Waals surface area contributed by atoms with Gasteiger partial charge < -0.3 is 14.8 Å². The molecule has 2 aromatic carbocycles. The van der Waals surface area contributed by atoms with Crippen molar-refractivity contribution in [1.29, 1.82) is 0 Å². The van der Waals surface area contributed by atoms with Gasteiger partial charge in [0.25, 0.3) is 0 Å². The van der Waals surface area contributed by atoms with Gasteiger partial charge in [0.15, 0.2) is 11.5 Å². The molecule has 0 radical (unpaired) electrons. The van der Waals surface area contributed by atoms with Crippen molar-refractivity contribution in [3.63, 3.8) is 0 Å². The van der Waals surface area contributed by atoms with Crippen LogP contribution >= 0.6 is 11.6 Å². The summed E-state index contributed by atoms with van der Waals surface area (Å²) < 4.78 is 34.7. The minimum atomic E-state index is -3.41. The van der Waals surface area contributed by atoms with Crippen LogP contribution in [0.15, 0.2) is 36.4 Å². The van der Waals surface area contributed by atoms with Crippen LogP contribution in [0.2, 0.25) is 5.02 Å². The molecule has 0 saturated carbocycles. The van der Waals surface area contributed by atoms with Gasteiger partial charge in [0.05, 0.1) is 30.4 Å². The lowest BCUT2D eigenvalue weighted by Gasteiger charge is -2.21.